The molecule has 5 atom stereocenters. The molecule has 0 amide bonds. The molecule has 2 rings (SSSR count). The molecule has 2 fully saturated rings. The van der Waals surface area contributed by atoms with Gasteiger partial charge in [0.2, 0.25) is 0 Å². The number of hydrogen-bond acceptors (Lipinski definition) is 3. The maximum absolute atomic E-state index is 10.3. The van der Waals surface area contributed by atoms with Crippen molar-refractivity contribution in [2.24, 2.45) is 23.7 Å². The van der Waals surface area contributed by atoms with Crippen LogP contribution in [-0.4, -0.2) is 48.5 Å². The molecular weight excluding hydrogens is 274 g/mol. The summed E-state index contributed by atoms with van der Waals surface area (Å²) in [5, 5.41) is 10.3. The number of aliphatic hydroxyl groups is 1. The molecule has 0 bridgehead atoms. The highest BCUT2D eigenvalue weighted by atomic mass is 16.5. The maximum atomic E-state index is 10.3. The quantitative estimate of drug-likeness (QED) is 0.814. The lowest BCUT2D eigenvalue weighted by Crippen LogP contribution is -2.42. The van der Waals surface area contributed by atoms with Gasteiger partial charge in [-0.05, 0) is 55.9 Å². The molecule has 2 aliphatic rings. The third kappa shape index (κ3) is 5.50. The van der Waals surface area contributed by atoms with Gasteiger partial charge in [-0.15, -0.1) is 0 Å². The van der Waals surface area contributed by atoms with E-state index in [1.807, 2.05) is 0 Å². The predicted octanol–water partition coefficient (Wildman–Crippen LogP) is 3.56. The van der Waals surface area contributed by atoms with Crippen molar-refractivity contribution >= 4 is 0 Å². The van der Waals surface area contributed by atoms with Crippen molar-refractivity contribution < 1.29 is 9.84 Å². The van der Waals surface area contributed by atoms with Crippen molar-refractivity contribution in [2.75, 3.05) is 26.2 Å². The number of nitrogens with zero attached hydrogens (tertiary/aromatic N) is 1. The maximum Gasteiger partial charge on any atom is 0.0900 e. The van der Waals surface area contributed by atoms with Crippen LogP contribution in [0.25, 0.3) is 0 Å². The molecule has 1 saturated heterocycles. The minimum atomic E-state index is -0.338. The average Bonchev–Trinajstić information content (AvgIpc) is 2.45. The van der Waals surface area contributed by atoms with Gasteiger partial charge < -0.3 is 14.7 Å². The molecule has 1 N–H and O–H groups in total. The first kappa shape index (κ1) is 18.2. The van der Waals surface area contributed by atoms with Crippen LogP contribution < -0.4 is 0 Å². The van der Waals surface area contributed by atoms with Crippen molar-refractivity contribution in [3.05, 3.63) is 0 Å². The summed E-state index contributed by atoms with van der Waals surface area (Å²) in [6.07, 6.45) is 6.38. The lowest BCUT2D eigenvalue weighted by molar-refractivity contribution is -0.0751. The average molecular weight is 312 g/mol. The Morgan fingerprint density at radius 3 is 2.59 bits per heavy atom. The minimum Gasteiger partial charge on any atom is -0.389 e. The third-order valence-corrected chi connectivity index (χ3v) is 5.67. The summed E-state index contributed by atoms with van der Waals surface area (Å²) in [5.74, 6) is 2.88. The number of likely N-dealkylation sites (tertiary alicyclic amines) is 1. The van der Waals surface area contributed by atoms with Gasteiger partial charge in [0.1, 0.15) is 0 Å². The Morgan fingerprint density at radius 1 is 1.14 bits per heavy atom. The van der Waals surface area contributed by atoms with Crippen LogP contribution in [0.1, 0.15) is 59.8 Å². The number of aliphatic hydroxyl groups excluding tert-OH is 1. The molecule has 0 spiro atoms. The van der Waals surface area contributed by atoms with Gasteiger partial charge in [0, 0.05) is 13.1 Å². The Labute approximate surface area is 137 Å². The fourth-order valence-corrected chi connectivity index (χ4v) is 4.34. The highest BCUT2D eigenvalue weighted by Gasteiger charge is 2.32. The molecule has 0 aromatic heterocycles. The van der Waals surface area contributed by atoms with E-state index in [4.69, 9.17) is 4.74 Å². The Morgan fingerprint density at radius 2 is 1.91 bits per heavy atom. The Bertz CT molecular complexity index is 321. The lowest BCUT2D eigenvalue weighted by Gasteiger charge is -2.38. The zero-order chi connectivity index (χ0) is 16.1. The van der Waals surface area contributed by atoms with Crippen LogP contribution >= 0.6 is 0 Å². The monoisotopic (exact) mass is 311 g/mol. The molecule has 1 heterocycles. The van der Waals surface area contributed by atoms with Gasteiger partial charge in [0.25, 0.3) is 0 Å². The van der Waals surface area contributed by atoms with E-state index in [-0.39, 0.29) is 6.10 Å². The standard InChI is InChI=1S/C19H37NO2/c1-14(2)18-8-7-15(3)10-19(18)22-13-17(21)12-20-9-5-6-16(4)11-20/h14-19,21H,5-13H2,1-4H3/t15-,16+,17-,18+,19-/m0/s1. The Hall–Kier alpha value is -0.120. The van der Waals surface area contributed by atoms with Gasteiger partial charge in [-0.2, -0.15) is 0 Å². The molecule has 1 aliphatic heterocycles. The van der Waals surface area contributed by atoms with E-state index < -0.39 is 0 Å². The molecular formula is C19H37NO2. The Balaban J connectivity index is 1.75. The van der Waals surface area contributed by atoms with E-state index in [9.17, 15) is 5.11 Å². The highest BCUT2D eigenvalue weighted by molar-refractivity contribution is 4.82. The first-order chi connectivity index (χ1) is 10.5. The first-order valence-corrected chi connectivity index (χ1v) is 9.47. The second kappa shape index (κ2) is 8.65. The largest absolute Gasteiger partial charge is 0.389 e. The van der Waals surface area contributed by atoms with Crippen molar-refractivity contribution in [3.8, 4) is 0 Å². The van der Waals surface area contributed by atoms with Crippen LogP contribution in [0.3, 0.4) is 0 Å². The van der Waals surface area contributed by atoms with Crippen LogP contribution in [-0.2, 0) is 4.74 Å². The van der Waals surface area contributed by atoms with E-state index in [1.54, 1.807) is 0 Å². The van der Waals surface area contributed by atoms with Crippen LogP contribution in [0, 0.1) is 23.7 Å². The number of piperidine rings is 1. The summed E-state index contributed by atoms with van der Waals surface area (Å²) in [5.41, 5.74) is 0. The van der Waals surface area contributed by atoms with E-state index >= 15 is 0 Å². The van der Waals surface area contributed by atoms with E-state index in [0.717, 1.165) is 37.9 Å². The van der Waals surface area contributed by atoms with E-state index in [0.29, 0.717) is 24.5 Å². The van der Waals surface area contributed by atoms with E-state index in [2.05, 4.69) is 32.6 Å². The molecule has 1 saturated carbocycles. The molecule has 0 radical (unpaired) electrons. The summed E-state index contributed by atoms with van der Waals surface area (Å²) in [4.78, 5) is 2.41. The number of hydrogen-bond donors (Lipinski definition) is 1. The number of ether oxygens (including phenoxy) is 1. The SMILES string of the molecule is CC(C)[C@H]1CC[C@H](C)C[C@@H]1OC[C@@H](O)CN1CCC[C@@H](C)C1. The summed E-state index contributed by atoms with van der Waals surface area (Å²) >= 11 is 0. The second-order valence-electron chi connectivity index (χ2n) is 8.36. The van der Waals surface area contributed by atoms with Gasteiger partial charge in [-0.25, -0.2) is 0 Å². The predicted molar refractivity (Wildman–Crippen MR) is 91.9 cm³/mol. The molecule has 0 unspecified atom stereocenters. The van der Waals surface area contributed by atoms with Crippen LogP contribution in [0.15, 0.2) is 0 Å². The van der Waals surface area contributed by atoms with Gasteiger partial charge in [-0.1, -0.05) is 34.1 Å². The van der Waals surface area contributed by atoms with E-state index in [1.165, 1.54) is 25.7 Å². The van der Waals surface area contributed by atoms with Crippen LogP contribution in [0.2, 0.25) is 0 Å². The van der Waals surface area contributed by atoms with Gasteiger partial charge >= 0.3 is 0 Å². The minimum absolute atomic E-state index is 0.338. The first-order valence-electron chi connectivity index (χ1n) is 9.47. The molecule has 3 heteroatoms. The normalized spacial score (nSPS) is 35.7. The summed E-state index contributed by atoms with van der Waals surface area (Å²) in [6.45, 7) is 12.8. The van der Waals surface area contributed by atoms with Crippen LogP contribution in [0.5, 0.6) is 0 Å². The topological polar surface area (TPSA) is 32.7 Å². The van der Waals surface area contributed by atoms with Gasteiger partial charge in [0.15, 0.2) is 0 Å². The number of rotatable bonds is 6. The highest BCUT2D eigenvalue weighted by Crippen LogP contribution is 2.35. The smallest absolute Gasteiger partial charge is 0.0900 e. The van der Waals surface area contributed by atoms with Crippen molar-refractivity contribution in [3.63, 3.8) is 0 Å². The zero-order valence-corrected chi connectivity index (χ0v) is 15.1. The molecule has 130 valence electrons. The molecule has 22 heavy (non-hydrogen) atoms. The number of β-amino-alcohol motifs (C(OH)–C–C–N with tert-alkyl or cyclic N) is 1. The molecule has 3 nitrogen and oxygen atoms in total. The third-order valence-electron chi connectivity index (χ3n) is 5.67. The molecule has 1 aliphatic carbocycles. The molecule has 0 aromatic rings. The summed E-state index contributed by atoms with van der Waals surface area (Å²) in [6, 6.07) is 0. The Kier molecular flexibility index (Phi) is 7.17. The lowest BCUT2D eigenvalue weighted by atomic mass is 9.75. The second-order valence-corrected chi connectivity index (χ2v) is 8.36. The van der Waals surface area contributed by atoms with Crippen molar-refractivity contribution in [1.82, 2.24) is 4.90 Å². The van der Waals surface area contributed by atoms with Gasteiger partial charge in [0.05, 0.1) is 18.8 Å². The van der Waals surface area contributed by atoms with Crippen LogP contribution in [0.4, 0.5) is 0 Å². The summed E-state index contributed by atoms with van der Waals surface area (Å²) in [7, 11) is 0. The van der Waals surface area contributed by atoms with Crippen molar-refractivity contribution in [2.45, 2.75) is 72.0 Å². The summed E-state index contributed by atoms with van der Waals surface area (Å²) < 4.78 is 6.18. The fourth-order valence-electron chi connectivity index (χ4n) is 4.34. The molecule has 0 aromatic carbocycles. The van der Waals surface area contributed by atoms with Crippen molar-refractivity contribution in [1.29, 1.82) is 0 Å². The van der Waals surface area contributed by atoms with Gasteiger partial charge in [-0.3, -0.25) is 0 Å². The zero-order valence-electron chi connectivity index (χ0n) is 15.1. The fraction of sp³-hybridized carbons (Fsp3) is 1.00.